The molecule has 31 heavy (non-hydrogen) atoms. The molecule has 3 rings (SSSR count). The van der Waals surface area contributed by atoms with Gasteiger partial charge in [-0.2, -0.15) is 5.26 Å². The molecule has 160 valence electrons. The van der Waals surface area contributed by atoms with Crippen LogP contribution in [0.1, 0.15) is 30.9 Å². The van der Waals surface area contributed by atoms with Crippen molar-refractivity contribution in [1.82, 2.24) is 0 Å². The average molecular weight is 426 g/mol. The van der Waals surface area contributed by atoms with E-state index in [1.54, 1.807) is 38.1 Å². The number of nitriles is 1. The first-order valence-corrected chi connectivity index (χ1v) is 9.47. The van der Waals surface area contributed by atoms with Crippen LogP contribution in [0.2, 0.25) is 0 Å². The summed E-state index contributed by atoms with van der Waals surface area (Å²) in [6.45, 7) is 3.40. The third kappa shape index (κ3) is 4.67. The van der Waals surface area contributed by atoms with Crippen LogP contribution in [0, 0.1) is 23.0 Å². The number of esters is 1. The molecule has 0 fully saturated rings. The second kappa shape index (κ2) is 9.30. The molecule has 0 aromatic heterocycles. The van der Waals surface area contributed by atoms with Crippen LogP contribution in [0.5, 0.6) is 5.75 Å². The molecular weight excluding hydrogens is 406 g/mol. The molecule has 0 amide bonds. The van der Waals surface area contributed by atoms with Gasteiger partial charge < -0.3 is 19.9 Å². The summed E-state index contributed by atoms with van der Waals surface area (Å²) in [5.41, 5.74) is 7.15. The van der Waals surface area contributed by atoms with Crippen molar-refractivity contribution in [3.05, 3.63) is 88.0 Å². The maximum Gasteiger partial charge on any atom is 0.338 e. The van der Waals surface area contributed by atoms with Gasteiger partial charge >= 0.3 is 5.97 Å². The maximum atomic E-state index is 13.4. The molecule has 0 saturated carbocycles. The Morgan fingerprint density at radius 1 is 1.23 bits per heavy atom. The fourth-order valence-corrected chi connectivity index (χ4v) is 3.27. The minimum absolute atomic E-state index is 0.00286. The van der Waals surface area contributed by atoms with Crippen LogP contribution in [0.25, 0.3) is 0 Å². The van der Waals surface area contributed by atoms with E-state index in [9.17, 15) is 18.8 Å². The molecule has 0 saturated heterocycles. The van der Waals surface area contributed by atoms with Gasteiger partial charge in [0.1, 0.15) is 29.8 Å². The van der Waals surface area contributed by atoms with Gasteiger partial charge in [-0.25, -0.2) is 13.6 Å². The van der Waals surface area contributed by atoms with Gasteiger partial charge in [0.05, 0.1) is 18.1 Å². The summed E-state index contributed by atoms with van der Waals surface area (Å²) in [4.78, 5) is 12.6. The summed E-state index contributed by atoms with van der Waals surface area (Å²) in [6.07, 6.45) is 0. The van der Waals surface area contributed by atoms with Crippen molar-refractivity contribution in [2.24, 2.45) is 5.73 Å². The van der Waals surface area contributed by atoms with Gasteiger partial charge in [0.25, 0.3) is 0 Å². The Kier molecular flexibility index (Phi) is 6.55. The molecule has 2 N–H and O–H groups in total. The third-order valence-electron chi connectivity index (χ3n) is 4.68. The number of carbonyl (C=O) groups excluding carboxylic acids is 1. The highest BCUT2D eigenvalue weighted by atomic mass is 19.2. The predicted molar refractivity (Wildman–Crippen MR) is 107 cm³/mol. The van der Waals surface area contributed by atoms with E-state index in [-0.39, 0.29) is 36.0 Å². The molecule has 1 atom stereocenters. The van der Waals surface area contributed by atoms with Crippen molar-refractivity contribution in [3.8, 4) is 11.8 Å². The van der Waals surface area contributed by atoms with Crippen molar-refractivity contribution in [2.75, 3.05) is 6.61 Å². The number of halogens is 2. The van der Waals surface area contributed by atoms with Crippen molar-refractivity contribution in [3.63, 3.8) is 0 Å². The number of hydrogen-bond donors (Lipinski definition) is 1. The summed E-state index contributed by atoms with van der Waals surface area (Å²) in [5, 5.41) is 9.64. The Morgan fingerprint density at radius 3 is 2.68 bits per heavy atom. The Hall–Kier alpha value is -3.86. The van der Waals surface area contributed by atoms with Gasteiger partial charge in [-0.1, -0.05) is 18.2 Å². The Morgan fingerprint density at radius 2 is 2.00 bits per heavy atom. The second-order valence-corrected chi connectivity index (χ2v) is 6.72. The number of carbonyl (C=O) groups is 1. The number of benzene rings is 2. The monoisotopic (exact) mass is 426 g/mol. The average Bonchev–Trinajstić information content (AvgIpc) is 2.74. The first-order valence-electron chi connectivity index (χ1n) is 9.47. The topological polar surface area (TPSA) is 94.6 Å². The van der Waals surface area contributed by atoms with Crippen LogP contribution in [-0.2, 0) is 20.9 Å². The van der Waals surface area contributed by atoms with E-state index in [0.29, 0.717) is 16.9 Å². The van der Waals surface area contributed by atoms with Crippen LogP contribution in [0.3, 0.4) is 0 Å². The van der Waals surface area contributed by atoms with Crippen molar-refractivity contribution < 1.29 is 27.8 Å². The molecule has 1 unspecified atom stereocenters. The van der Waals surface area contributed by atoms with Gasteiger partial charge in [-0.3, -0.25) is 0 Å². The summed E-state index contributed by atoms with van der Waals surface area (Å²) in [6, 6.07) is 12.2. The van der Waals surface area contributed by atoms with Crippen LogP contribution < -0.4 is 10.5 Å². The van der Waals surface area contributed by atoms with Gasteiger partial charge in [-0.15, -0.1) is 0 Å². The Labute approximate surface area is 178 Å². The molecule has 1 heterocycles. The van der Waals surface area contributed by atoms with Crippen LogP contribution in [0.4, 0.5) is 8.78 Å². The second-order valence-electron chi connectivity index (χ2n) is 6.72. The fraction of sp³-hybridized carbons (Fsp3) is 0.217. The molecule has 1 aliphatic heterocycles. The smallest absolute Gasteiger partial charge is 0.338 e. The lowest BCUT2D eigenvalue weighted by molar-refractivity contribution is -0.139. The molecule has 8 heteroatoms. The molecule has 0 aliphatic carbocycles. The number of allylic oxidation sites excluding steroid dienone is 2. The standard InChI is InChI=1S/C23H20F2N2O4/c1-3-29-23(28)20-13(2)31-22(27)17(11-26)21(20)15-5-4-6-16(10-15)30-12-14-7-8-18(24)19(25)9-14/h4-10,21H,3,12,27H2,1-2H3. The van der Waals surface area contributed by atoms with E-state index in [4.69, 9.17) is 19.9 Å². The molecular formula is C23H20F2N2O4. The van der Waals surface area contributed by atoms with Gasteiger partial charge in [0, 0.05) is 0 Å². The summed E-state index contributed by atoms with van der Waals surface area (Å²) in [7, 11) is 0. The maximum absolute atomic E-state index is 13.4. The Bertz CT molecular complexity index is 1120. The van der Waals surface area contributed by atoms with Crippen LogP contribution in [-0.4, -0.2) is 12.6 Å². The van der Waals surface area contributed by atoms with Crippen molar-refractivity contribution >= 4 is 5.97 Å². The predicted octanol–water partition coefficient (Wildman–Crippen LogP) is 4.19. The third-order valence-corrected chi connectivity index (χ3v) is 4.68. The van der Waals surface area contributed by atoms with E-state index in [0.717, 1.165) is 12.1 Å². The highest BCUT2D eigenvalue weighted by Crippen LogP contribution is 2.40. The van der Waals surface area contributed by atoms with E-state index in [1.165, 1.54) is 6.07 Å². The molecule has 0 bridgehead atoms. The van der Waals surface area contributed by atoms with E-state index >= 15 is 0 Å². The molecule has 0 radical (unpaired) electrons. The first kappa shape index (κ1) is 21.8. The molecule has 0 spiro atoms. The van der Waals surface area contributed by atoms with Crippen molar-refractivity contribution in [2.45, 2.75) is 26.4 Å². The summed E-state index contributed by atoms with van der Waals surface area (Å²) < 4.78 is 42.7. The minimum atomic E-state index is -0.962. The summed E-state index contributed by atoms with van der Waals surface area (Å²) >= 11 is 0. The molecule has 2 aromatic rings. The van der Waals surface area contributed by atoms with E-state index in [2.05, 4.69) is 0 Å². The molecule has 1 aliphatic rings. The first-order chi connectivity index (χ1) is 14.8. The molecule has 2 aromatic carbocycles. The fourth-order valence-electron chi connectivity index (χ4n) is 3.27. The largest absolute Gasteiger partial charge is 0.489 e. The number of hydrogen-bond acceptors (Lipinski definition) is 6. The lowest BCUT2D eigenvalue weighted by Crippen LogP contribution is -2.25. The zero-order chi connectivity index (χ0) is 22.5. The normalized spacial score (nSPS) is 15.9. The highest BCUT2D eigenvalue weighted by molar-refractivity contribution is 5.92. The number of nitrogens with zero attached hydrogens (tertiary/aromatic N) is 1. The SMILES string of the molecule is CCOC(=O)C1=C(C)OC(N)=C(C#N)C1c1cccc(OCc2ccc(F)c(F)c2)c1. The minimum Gasteiger partial charge on any atom is -0.489 e. The number of rotatable bonds is 6. The van der Waals surface area contributed by atoms with E-state index < -0.39 is 23.5 Å². The Balaban J connectivity index is 1.93. The highest BCUT2D eigenvalue weighted by Gasteiger charge is 2.36. The van der Waals surface area contributed by atoms with Gasteiger partial charge in [-0.05, 0) is 49.2 Å². The number of nitrogens with two attached hydrogens (primary N) is 1. The molecule has 6 nitrogen and oxygen atoms in total. The van der Waals surface area contributed by atoms with Crippen molar-refractivity contribution in [1.29, 1.82) is 5.26 Å². The lowest BCUT2D eigenvalue weighted by Gasteiger charge is -2.27. The van der Waals surface area contributed by atoms with E-state index in [1.807, 2.05) is 6.07 Å². The van der Waals surface area contributed by atoms with Gasteiger partial charge in [0.2, 0.25) is 5.88 Å². The lowest BCUT2D eigenvalue weighted by atomic mass is 9.83. The van der Waals surface area contributed by atoms with Crippen LogP contribution >= 0.6 is 0 Å². The zero-order valence-corrected chi connectivity index (χ0v) is 16.9. The van der Waals surface area contributed by atoms with Gasteiger partial charge in [0.15, 0.2) is 11.6 Å². The number of ether oxygens (including phenoxy) is 3. The zero-order valence-electron chi connectivity index (χ0n) is 16.9. The quantitative estimate of drug-likeness (QED) is 0.696. The van der Waals surface area contributed by atoms with Crippen LogP contribution in [0.15, 0.2) is 65.3 Å². The summed E-state index contributed by atoms with van der Waals surface area (Å²) in [5.74, 6) is -2.75.